The van der Waals surface area contributed by atoms with E-state index in [1.165, 1.54) is 0 Å². The van der Waals surface area contributed by atoms with E-state index in [1.54, 1.807) is 6.07 Å². The van der Waals surface area contributed by atoms with Gasteiger partial charge in [-0.1, -0.05) is 17.7 Å². The van der Waals surface area contributed by atoms with Crippen LogP contribution >= 0.6 is 11.6 Å². The van der Waals surface area contributed by atoms with Gasteiger partial charge in [-0.05, 0) is 36.2 Å². The number of hydrogen-bond donors (Lipinski definition) is 1. The standard InChI is InChI=1S/C13H14ClNO2/c14-13-5-3-11-8-10(2-4-12(11)15-13)9-17-7-1-6-16/h2-5,8,16H,1,6-7,9H2. The van der Waals surface area contributed by atoms with Gasteiger partial charge in [0.05, 0.1) is 12.1 Å². The zero-order chi connectivity index (χ0) is 12.1. The summed E-state index contributed by atoms with van der Waals surface area (Å²) in [6.07, 6.45) is 0.671. The molecule has 90 valence electrons. The van der Waals surface area contributed by atoms with E-state index in [-0.39, 0.29) is 6.61 Å². The molecule has 0 bridgehead atoms. The SMILES string of the molecule is OCCCOCc1ccc2nc(Cl)ccc2c1. The van der Waals surface area contributed by atoms with Crippen molar-refractivity contribution in [3.63, 3.8) is 0 Å². The number of aliphatic hydroxyl groups excluding tert-OH is 1. The first-order valence-electron chi connectivity index (χ1n) is 5.53. The van der Waals surface area contributed by atoms with Crippen molar-refractivity contribution >= 4 is 22.5 Å². The molecule has 1 heterocycles. The van der Waals surface area contributed by atoms with Crippen LogP contribution in [0.25, 0.3) is 10.9 Å². The van der Waals surface area contributed by atoms with Crippen molar-refractivity contribution in [3.05, 3.63) is 41.0 Å². The van der Waals surface area contributed by atoms with Gasteiger partial charge >= 0.3 is 0 Å². The van der Waals surface area contributed by atoms with E-state index in [0.29, 0.717) is 24.8 Å². The van der Waals surface area contributed by atoms with E-state index in [4.69, 9.17) is 21.4 Å². The Balaban J connectivity index is 2.07. The van der Waals surface area contributed by atoms with Gasteiger partial charge in [-0.25, -0.2) is 4.98 Å². The van der Waals surface area contributed by atoms with Crippen LogP contribution in [-0.4, -0.2) is 23.3 Å². The van der Waals surface area contributed by atoms with Gasteiger partial charge in [0.1, 0.15) is 5.15 Å². The lowest BCUT2D eigenvalue weighted by molar-refractivity contribution is 0.104. The van der Waals surface area contributed by atoms with Gasteiger partial charge < -0.3 is 9.84 Å². The molecule has 3 nitrogen and oxygen atoms in total. The van der Waals surface area contributed by atoms with E-state index in [1.807, 2.05) is 24.3 Å². The van der Waals surface area contributed by atoms with Gasteiger partial charge in [-0.3, -0.25) is 0 Å². The Morgan fingerprint density at radius 2 is 2.12 bits per heavy atom. The normalized spacial score (nSPS) is 10.9. The molecule has 2 rings (SSSR count). The van der Waals surface area contributed by atoms with Gasteiger partial charge in [-0.2, -0.15) is 0 Å². The number of aromatic nitrogens is 1. The summed E-state index contributed by atoms with van der Waals surface area (Å²) >= 11 is 5.82. The van der Waals surface area contributed by atoms with Gasteiger partial charge in [0.15, 0.2) is 0 Å². The number of rotatable bonds is 5. The van der Waals surface area contributed by atoms with Crippen molar-refractivity contribution in [2.45, 2.75) is 13.0 Å². The van der Waals surface area contributed by atoms with Crippen LogP contribution in [-0.2, 0) is 11.3 Å². The molecule has 0 atom stereocenters. The fraction of sp³-hybridized carbons (Fsp3) is 0.308. The Hall–Kier alpha value is -1.16. The molecule has 0 unspecified atom stereocenters. The van der Waals surface area contributed by atoms with Gasteiger partial charge in [0.25, 0.3) is 0 Å². The van der Waals surface area contributed by atoms with Crippen molar-refractivity contribution in [1.82, 2.24) is 4.98 Å². The first-order chi connectivity index (χ1) is 8.29. The largest absolute Gasteiger partial charge is 0.396 e. The summed E-state index contributed by atoms with van der Waals surface area (Å²) in [5.41, 5.74) is 1.98. The Morgan fingerprint density at radius 1 is 1.24 bits per heavy atom. The third kappa shape index (κ3) is 3.40. The second-order valence-corrected chi connectivity index (χ2v) is 4.18. The van der Waals surface area contributed by atoms with E-state index >= 15 is 0 Å². The Kier molecular flexibility index (Phi) is 4.31. The first kappa shape index (κ1) is 12.3. The molecule has 0 saturated carbocycles. The topological polar surface area (TPSA) is 42.4 Å². The summed E-state index contributed by atoms with van der Waals surface area (Å²) in [6, 6.07) is 9.68. The van der Waals surface area contributed by atoms with Gasteiger partial charge in [0.2, 0.25) is 0 Å². The maximum Gasteiger partial charge on any atom is 0.129 e. The minimum atomic E-state index is 0.167. The minimum absolute atomic E-state index is 0.167. The minimum Gasteiger partial charge on any atom is -0.396 e. The molecule has 0 aliphatic rings. The van der Waals surface area contributed by atoms with E-state index in [0.717, 1.165) is 16.5 Å². The number of pyridine rings is 1. The third-order valence-electron chi connectivity index (χ3n) is 2.44. The van der Waals surface area contributed by atoms with Crippen molar-refractivity contribution in [3.8, 4) is 0 Å². The number of fused-ring (bicyclic) bond motifs is 1. The predicted molar refractivity (Wildman–Crippen MR) is 68.1 cm³/mol. The second kappa shape index (κ2) is 5.96. The zero-order valence-electron chi connectivity index (χ0n) is 9.40. The van der Waals surface area contributed by atoms with Crippen LogP contribution in [0.5, 0.6) is 0 Å². The van der Waals surface area contributed by atoms with Crippen LogP contribution in [0.15, 0.2) is 30.3 Å². The average Bonchev–Trinajstić information content (AvgIpc) is 2.35. The fourth-order valence-electron chi connectivity index (χ4n) is 1.60. The van der Waals surface area contributed by atoms with Crippen molar-refractivity contribution in [2.75, 3.05) is 13.2 Å². The van der Waals surface area contributed by atoms with E-state index in [2.05, 4.69) is 4.98 Å². The van der Waals surface area contributed by atoms with Crippen LogP contribution < -0.4 is 0 Å². The lowest BCUT2D eigenvalue weighted by Crippen LogP contribution is -1.97. The molecular formula is C13H14ClNO2. The van der Waals surface area contributed by atoms with Gasteiger partial charge in [-0.15, -0.1) is 0 Å². The highest BCUT2D eigenvalue weighted by Gasteiger charge is 1.99. The highest BCUT2D eigenvalue weighted by atomic mass is 35.5. The molecule has 0 saturated heterocycles. The van der Waals surface area contributed by atoms with Crippen molar-refractivity contribution < 1.29 is 9.84 Å². The molecule has 17 heavy (non-hydrogen) atoms. The summed E-state index contributed by atoms with van der Waals surface area (Å²) in [5.74, 6) is 0. The summed E-state index contributed by atoms with van der Waals surface area (Å²) in [4.78, 5) is 4.22. The first-order valence-corrected chi connectivity index (χ1v) is 5.91. The van der Waals surface area contributed by atoms with Crippen LogP contribution in [0.4, 0.5) is 0 Å². The van der Waals surface area contributed by atoms with Crippen LogP contribution in [0.3, 0.4) is 0 Å². The van der Waals surface area contributed by atoms with E-state index in [9.17, 15) is 0 Å². The number of aliphatic hydroxyl groups is 1. The molecule has 1 aromatic heterocycles. The molecule has 1 aromatic carbocycles. The molecular weight excluding hydrogens is 238 g/mol. The number of hydrogen-bond acceptors (Lipinski definition) is 3. The van der Waals surface area contributed by atoms with Crippen molar-refractivity contribution in [2.24, 2.45) is 0 Å². The monoisotopic (exact) mass is 251 g/mol. The maximum absolute atomic E-state index is 8.63. The lowest BCUT2D eigenvalue weighted by Gasteiger charge is -2.05. The Bertz CT molecular complexity index is 502. The molecule has 0 fully saturated rings. The van der Waals surface area contributed by atoms with Gasteiger partial charge in [0, 0.05) is 18.6 Å². The van der Waals surface area contributed by atoms with Crippen LogP contribution in [0.1, 0.15) is 12.0 Å². The molecule has 4 heteroatoms. The third-order valence-corrected chi connectivity index (χ3v) is 2.65. The second-order valence-electron chi connectivity index (χ2n) is 3.79. The van der Waals surface area contributed by atoms with Crippen molar-refractivity contribution in [1.29, 1.82) is 0 Å². The Morgan fingerprint density at radius 3 is 2.94 bits per heavy atom. The highest BCUT2D eigenvalue weighted by Crippen LogP contribution is 2.17. The molecule has 0 spiro atoms. The smallest absolute Gasteiger partial charge is 0.129 e. The summed E-state index contributed by atoms with van der Waals surface area (Å²) in [7, 11) is 0. The quantitative estimate of drug-likeness (QED) is 0.656. The molecule has 2 aromatic rings. The van der Waals surface area contributed by atoms with E-state index < -0.39 is 0 Å². The predicted octanol–water partition coefficient (Wildman–Crippen LogP) is 2.79. The Labute approximate surface area is 105 Å². The number of halogens is 1. The lowest BCUT2D eigenvalue weighted by atomic mass is 10.1. The molecule has 0 radical (unpaired) electrons. The maximum atomic E-state index is 8.63. The number of benzene rings is 1. The summed E-state index contributed by atoms with van der Waals surface area (Å²) in [6.45, 7) is 1.30. The molecule has 0 amide bonds. The average molecular weight is 252 g/mol. The highest BCUT2D eigenvalue weighted by molar-refractivity contribution is 6.29. The van der Waals surface area contributed by atoms with Crippen LogP contribution in [0, 0.1) is 0 Å². The molecule has 1 N–H and O–H groups in total. The molecule has 0 aliphatic carbocycles. The number of nitrogens with zero attached hydrogens (tertiary/aromatic N) is 1. The summed E-state index contributed by atoms with van der Waals surface area (Å²) in [5, 5.41) is 10.2. The molecule has 0 aliphatic heterocycles. The zero-order valence-corrected chi connectivity index (χ0v) is 10.2. The summed E-state index contributed by atoms with van der Waals surface area (Å²) < 4.78 is 5.43. The van der Waals surface area contributed by atoms with Crippen LogP contribution in [0.2, 0.25) is 5.15 Å². The number of ether oxygens (including phenoxy) is 1. The fourth-order valence-corrected chi connectivity index (χ4v) is 1.75.